The number of ether oxygens (including phenoxy) is 2. The Labute approximate surface area is 119 Å². The van der Waals surface area contributed by atoms with Crippen molar-refractivity contribution in [2.75, 3.05) is 26.3 Å². The molecule has 4 nitrogen and oxygen atoms in total. The number of benzene rings is 1. The number of hydrogen-bond acceptors (Lipinski definition) is 3. The zero-order chi connectivity index (χ0) is 13.8. The third kappa shape index (κ3) is 3.67. The summed E-state index contributed by atoms with van der Waals surface area (Å²) < 4.78 is 24.8. The highest BCUT2D eigenvalue weighted by molar-refractivity contribution is 9.10. The topological polar surface area (TPSA) is 38.8 Å². The first-order chi connectivity index (χ1) is 9.08. The Morgan fingerprint density at radius 1 is 1.47 bits per heavy atom. The number of rotatable bonds is 3. The molecule has 0 radical (unpaired) electrons. The molecule has 6 heteroatoms. The number of morpholine rings is 1. The number of halogens is 2. The lowest BCUT2D eigenvalue weighted by Crippen LogP contribution is -2.46. The second-order valence-electron chi connectivity index (χ2n) is 4.27. The molecule has 1 aliphatic rings. The predicted octanol–water partition coefficient (Wildman–Crippen LogP) is 2.21. The summed E-state index contributed by atoms with van der Waals surface area (Å²) in [4.78, 5) is 13.8. The second-order valence-corrected chi connectivity index (χ2v) is 5.19. The normalized spacial score (nSPS) is 17.1. The first kappa shape index (κ1) is 14.3. The fourth-order valence-corrected chi connectivity index (χ4v) is 2.19. The molecule has 1 fully saturated rings. The molecule has 1 aliphatic heterocycles. The minimum Gasteiger partial charge on any atom is -0.478 e. The summed E-state index contributed by atoms with van der Waals surface area (Å²) in [5, 5.41) is 0. The zero-order valence-corrected chi connectivity index (χ0v) is 12.2. The van der Waals surface area contributed by atoms with Crippen LogP contribution in [0.3, 0.4) is 0 Å². The average Bonchev–Trinajstić information content (AvgIpc) is 2.43. The summed E-state index contributed by atoms with van der Waals surface area (Å²) in [5.74, 6) is -0.559. The third-order valence-corrected chi connectivity index (χ3v) is 3.36. The van der Waals surface area contributed by atoms with Gasteiger partial charge in [0.2, 0.25) is 0 Å². The van der Waals surface area contributed by atoms with Gasteiger partial charge in [0, 0.05) is 17.6 Å². The first-order valence-electron chi connectivity index (χ1n) is 6.06. The van der Waals surface area contributed by atoms with Crippen molar-refractivity contribution in [3.8, 4) is 5.75 Å². The van der Waals surface area contributed by atoms with E-state index < -0.39 is 11.9 Å². The molecule has 1 atom stereocenters. The quantitative estimate of drug-likeness (QED) is 0.852. The molecule has 0 bridgehead atoms. The van der Waals surface area contributed by atoms with Crippen LogP contribution in [0.2, 0.25) is 0 Å². The predicted molar refractivity (Wildman–Crippen MR) is 71.6 cm³/mol. The van der Waals surface area contributed by atoms with Crippen LogP contribution in [0.5, 0.6) is 5.75 Å². The van der Waals surface area contributed by atoms with Gasteiger partial charge in [0.1, 0.15) is 0 Å². The molecule has 19 heavy (non-hydrogen) atoms. The van der Waals surface area contributed by atoms with Gasteiger partial charge in [0.25, 0.3) is 5.91 Å². The highest BCUT2D eigenvalue weighted by Gasteiger charge is 2.24. The maximum absolute atomic E-state index is 13.5. The van der Waals surface area contributed by atoms with Gasteiger partial charge in [-0.3, -0.25) is 4.79 Å². The molecule has 0 N–H and O–H groups in total. The van der Waals surface area contributed by atoms with E-state index in [9.17, 15) is 9.18 Å². The van der Waals surface area contributed by atoms with Crippen molar-refractivity contribution in [1.82, 2.24) is 4.90 Å². The maximum Gasteiger partial charge on any atom is 0.263 e. The maximum atomic E-state index is 13.5. The van der Waals surface area contributed by atoms with Crippen molar-refractivity contribution in [2.45, 2.75) is 13.0 Å². The van der Waals surface area contributed by atoms with Crippen molar-refractivity contribution < 1.29 is 18.7 Å². The Balaban J connectivity index is 2.01. The smallest absolute Gasteiger partial charge is 0.263 e. The molecular weight excluding hydrogens is 317 g/mol. The van der Waals surface area contributed by atoms with Crippen LogP contribution in [0.4, 0.5) is 4.39 Å². The van der Waals surface area contributed by atoms with Crippen molar-refractivity contribution in [2.24, 2.45) is 0 Å². The van der Waals surface area contributed by atoms with E-state index in [2.05, 4.69) is 15.9 Å². The molecule has 1 unspecified atom stereocenters. The van der Waals surface area contributed by atoms with Gasteiger partial charge in [-0.2, -0.15) is 0 Å². The van der Waals surface area contributed by atoms with Crippen LogP contribution >= 0.6 is 15.9 Å². The van der Waals surface area contributed by atoms with Crippen molar-refractivity contribution in [3.63, 3.8) is 0 Å². The molecule has 1 amide bonds. The third-order valence-electron chi connectivity index (χ3n) is 2.87. The number of carbonyl (C=O) groups excluding carboxylic acids is 1. The monoisotopic (exact) mass is 331 g/mol. The summed E-state index contributed by atoms with van der Waals surface area (Å²) in [7, 11) is 0. The minimum absolute atomic E-state index is 0.0727. The van der Waals surface area contributed by atoms with E-state index >= 15 is 0 Å². The lowest BCUT2D eigenvalue weighted by molar-refractivity contribution is -0.142. The number of carbonyl (C=O) groups is 1. The molecule has 0 spiro atoms. The van der Waals surface area contributed by atoms with Gasteiger partial charge in [-0.25, -0.2) is 4.39 Å². The van der Waals surface area contributed by atoms with E-state index in [4.69, 9.17) is 9.47 Å². The lowest BCUT2D eigenvalue weighted by atomic mass is 10.3. The van der Waals surface area contributed by atoms with Crippen LogP contribution in [-0.4, -0.2) is 43.2 Å². The fraction of sp³-hybridized carbons (Fsp3) is 0.462. The minimum atomic E-state index is -0.720. The molecule has 104 valence electrons. The Morgan fingerprint density at radius 2 is 2.16 bits per heavy atom. The van der Waals surface area contributed by atoms with Gasteiger partial charge in [0.15, 0.2) is 17.7 Å². The summed E-state index contributed by atoms with van der Waals surface area (Å²) >= 11 is 3.24. The standard InChI is InChI=1S/C13H15BrFNO3/c1-9(13(17)16-4-6-18-7-5-16)19-12-8-10(14)2-3-11(12)15/h2-3,8-9H,4-7H2,1H3. The van der Waals surface area contributed by atoms with Crippen LogP contribution in [0.1, 0.15) is 6.92 Å². The van der Waals surface area contributed by atoms with Crippen LogP contribution in [-0.2, 0) is 9.53 Å². The van der Waals surface area contributed by atoms with E-state index in [-0.39, 0.29) is 11.7 Å². The SMILES string of the molecule is CC(Oc1cc(Br)ccc1F)C(=O)N1CCOCC1. The first-order valence-corrected chi connectivity index (χ1v) is 6.85. The summed E-state index contributed by atoms with van der Waals surface area (Å²) in [6.07, 6.45) is -0.720. The lowest BCUT2D eigenvalue weighted by Gasteiger charge is -2.29. The van der Waals surface area contributed by atoms with E-state index in [0.29, 0.717) is 30.8 Å². The average molecular weight is 332 g/mol. The zero-order valence-electron chi connectivity index (χ0n) is 10.6. The van der Waals surface area contributed by atoms with Crippen molar-refractivity contribution >= 4 is 21.8 Å². The van der Waals surface area contributed by atoms with Gasteiger partial charge in [0.05, 0.1) is 13.2 Å². The molecule has 0 aromatic heterocycles. The second kappa shape index (κ2) is 6.34. The van der Waals surface area contributed by atoms with Crippen LogP contribution in [0.25, 0.3) is 0 Å². The molecule has 1 aromatic carbocycles. The fourth-order valence-electron chi connectivity index (χ4n) is 1.85. The van der Waals surface area contributed by atoms with Crippen molar-refractivity contribution in [3.05, 3.63) is 28.5 Å². The van der Waals surface area contributed by atoms with Crippen molar-refractivity contribution in [1.29, 1.82) is 0 Å². The summed E-state index contributed by atoms with van der Waals surface area (Å²) in [6, 6.07) is 4.39. The van der Waals surface area contributed by atoms with Crippen LogP contribution < -0.4 is 4.74 Å². The number of hydrogen-bond donors (Lipinski definition) is 0. The Kier molecular flexibility index (Phi) is 4.76. The summed E-state index contributed by atoms with van der Waals surface area (Å²) in [5.41, 5.74) is 0. The number of amides is 1. The molecule has 0 aliphatic carbocycles. The number of nitrogens with zero attached hydrogens (tertiary/aromatic N) is 1. The highest BCUT2D eigenvalue weighted by atomic mass is 79.9. The van der Waals surface area contributed by atoms with Crippen LogP contribution in [0, 0.1) is 5.82 Å². The largest absolute Gasteiger partial charge is 0.478 e. The van der Waals surface area contributed by atoms with E-state index in [0.717, 1.165) is 0 Å². The summed E-state index contributed by atoms with van der Waals surface area (Å²) in [6.45, 7) is 3.78. The highest BCUT2D eigenvalue weighted by Crippen LogP contribution is 2.23. The van der Waals surface area contributed by atoms with E-state index in [1.54, 1.807) is 17.9 Å². The van der Waals surface area contributed by atoms with Gasteiger partial charge in [-0.05, 0) is 25.1 Å². The Morgan fingerprint density at radius 3 is 2.84 bits per heavy atom. The van der Waals surface area contributed by atoms with Gasteiger partial charge in [-0.15, -0.1) is 0 Å². The van der Waals surface area contributed by atoms with Gasteiger partial charge in [-0.1, -0.05) is 15.9 Å². The van der Waals surface area contributed by atoms with E-state index in [1.165, 1.54) is 12.1 Å². The van der Waals surface area contributed by atoms with Gasteiger partial charge >= 0.3 is 0 Å². The Bertz CT molecular complexity index is 463. The molecular formula is C13H15BrFNO3. The molecule has 0 saturated carbocycles. The van der Waals surface area contributed by atoms with E-state index in [1.807, 2.05) is 0 Å². The van der Waals surface area contributed by atoms with Crippen LogP contribution in [0.15, 0.2) is 22.7 Å². The molecule has 2 rings (SSSR count). The molecule has 1 aromatic rings. The van der Waals surface area contributed by atoms with Gasteiger partial charge < -0.3 is 14.4 Å². The molecule has 1 heterocycles. The Hall–Kier alpha value is -1.14. The molecule has 1 saturated heterocycles.